The zero-order chi connectivity index (χ0) is 19.5. The Morgan fingerprint density at radius 1 is 1.27 bits per heavy atom. The second-order valence-corrected chi connectivity index (χ2v) is 7.79. The maximum absolute atomic E-state index is 12.4. The summed E-state index contributed by atoms with van der Waals surface area (Å²) in [6.45, 7) is 0.0489. The summed E-state index contributed by atoms with van der Waals surface area (Å²) in [4.78, 5) is 11.2. The summed E-state index contributed by atoms with van der Waals surface area (Å²) in [5.41, 5.74) is -0.194. The van der Waals surface area contributed by atoms with Crippen molar-refractivity contribution in [3.63, 3.8) is 0 Å². The average molecular weight is 396 g/mol. The van der Waals surface area contributed by atoms with E-state index in [-0.39, 0.29) is 16.5 Å². The number of alkyl halides is 3. The number of nitro benzene ring substituents is 1. The number of nitrogens with zero attached hydrogens (tertiary/aromatic N) is 2. The van der Waals surface area contributed by atoms with Crippen molar-refractivity contribution >= 4 is 21.4 Å². The molecule has 1 heterocycles. The van der Waals surface area contributed by atoms with E-state index in [2.05, 4.69) is 5.32 Å². The van der Waals surface area contributed by atoms with Crippen LogP contribution in [0.2, 0.25) is 0 Å². The molecule has 0 radical (unpaired) electrons. The molecule has 0 saturated carbocycles. The van der Waals surface area contributed by atoms with E-state index in [9.17, 15) is 31.7 Å². The summed E-state index contributed by atoms with van der Waals surface area (Å²) >= 11 is 0. The standard InChI is InChI=1S/C14H19F3N4O4S/c15-14(16,17)9-20-3-1-10(2-4-20)8-19-11-5-12(21(22)23)7-13(6-11)26(18,24)25/h5-7,10,19H,1-4,8-9H2,(H2,18,24,25). The third-order valence-electron chi connectivity index (χ3n) is 4.14. The molecule has 1 aromatic carbocycles. The minimum absolute atomic E-state index is 0.0803. The van der Waals surface area contributed by atoms with Crippen molar-refractivity contribution in [3.8, 4) is 0 Å². The van der Waals surface area contributed by atoms with Gasteiger partial charge in [0.15, 0.2) is 0 Å². The quantitative estimate of drug-likeness (QED) is 0.560. The van der Waals surface area contributed by atoms with Gasteiger partial charge in [0.1, 0.15) is 0 Å². The van der Waals surface area contributed by atoms with Gasteiger partial charge in [0.2, 0.25) is 10.0 Å². The molecule has 0 amide bonds. The molecule has 146 valence electrons. The molecule has 2 rings (SSSR count). The Bertz CT molecular complexity index is 762. The first-order chi connectivity index (χ1) is 11.9. The Morgan fingerprint density at radius 3 is 2.38 bits per heavy atom. The van der Waals surface area contributed by atoms with Crippen LogP contribution in [0.5, 0.6) is 0 Å². The zero-order valence-electron chi connectivity index (χ0n) is 13.7. The molecule has 1 saturated heterocycles. The lowest BCUT2D eigenvalue weighted by Gasteiger charge is -2.32. The molecular formula is C14H19F3N4O4S. The third kappa shape index (κ3) is 6.11. The Hall–Kier alpha value is -1.92. The number of rotatable bonds is 6. The van der Waals surface area contributed by atoms with Crippen LogP contribution < -0.4 is 10.5 Å². The van der Waals surface area contributed by atoms with Gasteiger partial charge in [0, 0.05) is 24.4 Å². The number of nitro groups is 1. The highest BCUT2D eigenvalue weighted by Gasteiger charge is 2.32. The van der Waals surface area contributed by atoms with Gasteiger partial charge in [-0.2, -0.15) is 13.2 Å². The van der Waals surface area contributed by atoms with E-state index < -0.39 is 33.4 Å². The summed E-state index contributed by atoms with van der Waals surface area (Å²) in [5, 5.41) is 18.9. The van der Waals surface area contributed by atoms with E-state index in [0.717, 1.165) is 6.07 Å². The van der Waals surface area contributed by atoms with E-state index in [1.807, 2.05) is 0 Å². The number of non-ortho nitro benzene ring substituents is 1. The predicted molar refractivity (Wildman–Crippen MR) is 88.2 cm³/mol. The van der Waals surface area contributed by atoms with Crippen molar-refractivity contribution < 1.29 is 26.5 Å². The number of halogens is 3. The maximum atomic E-state index is 12.4. The topological polar surface area (TPSA) is 119 Å². The molecule has 0 unspecified atom stereocenters. The van der Waals surface area contributed by atoms with Crippen LogP contribution in [0.25, 0.3) is 0 Å². The molecule has 0 atom stereocenters. The van der Waals surface area contributed by atoms with Gasteiger partial charge < -0.3 is 5.32 Å². The SMILES string of the molecule is NS(=O)(=O)c1cc(NCC2CCN(CC(F)(F)F)CC2)cc([N+](=O)[O-])c1. The Kier molecular flexibility index (Phi) is 6.09. The molecule has 1 aliphatic heterocycles. The lowest BCUT2D eigenvalue weighted by atomic mass is 9.96. The molecule has 8 nitrogen and oxygen atoms in total. The number of hydrogen-bond acceptors (Lipinski definition) is 6. The molecular weight excluding hydrogens is 377 g/mol. The molecule has 3 N–H and O–H groups in total. The number of benzene rings is 1. The summed E-state index contributed by atoms with van der Waals surface area (Å²) in [6, 6.07) is 3.25. The zero-order valence-corrected chi connectivity index (χ0v) is 14.5. The Balaban J connectivity index is 1.98. The van der Waals surface area contributed by atoms with Crippen molar-refractivity contribution in [2.75, 3.05) is 31.5 Å². The van der Waals surface area contributed by atoms with Gasteiger partial charge in [-0.25, -0.2) is 13.6 Å². The number of anilines is 1. The van der Waals surface area contributed by atoms with Crippen LogP contribution in [-0.2, 0) is 10.0 Å². The number of nitrogens with one attached hydrogen (secondary N) is 1. The fraction of sp³-hybridized carbons (Fsp3) is 0.571. The van der Waals surface area contributed by atoms with Crippen LogP contribution in [0.15, 0.2) is 23.1 Å². The van der Waals surface area contributed by atoms with Crippen LogP contribution in [0.4, 0.5) is 24.5 Å². The van der Waals surface area contributed by atoms with Crippen LogP contribution in [-0.4, -0.2) is 50.6 Å². The number of likely N-dealkylation sites (tertiary alicyclic amines) is 1. The fourth-order valence-electron chi connectivity index (χ4n) is 2.82. The summed E-state index contributed by atoms with van der Waals surface area (Å²) in [7, 11) is -4.11. The van der Waals surface area contributed by atoms with Gasteiger partial charge in [-0.05, 0) is 37.9 Å². The molecule has 0 spiro atoms. The largest absolute Gasteiger partial charge is 0.401 e. The normalized spacial score (nSPS) is 17.2. The smallest absolute Gasteiger partial charge is 0.385 e. The predicted octanol–water partition coefficient (Wildman–Crippen LogP) is 1.93. The Labute approximate surface area is 148 Å². The van der Waals surface area contributed by atoms with E-state index in [1.54, 1.807) is 0 Å². The van der Waals surface area contributed by atoms with Crippen molar-refractivity contribution in [1.82, 2.24) is 4.90 Å². The van der Waals surface area contributed by atoms with Crippen molar-refractivity contribution in [1.29, 1.82) is 0 Å². The van der Waals surface area contributed by atoms with E-state index in [1.165, 1.54) is 17.0 Å². The molecule has 1 aliphatic rings. The highest BCUT2D eigenvalue weighted by Crippen LogP contribution is 2.26. The van der Waals surface area contributed by atoms with Crippen LogP contribution in [0.1, 0.15) is 12.8 Å². The fourth-order valence-corrected chi connectivity index (χ4v) is 3.40. The maximum Gasteiger partial charge on any atom is 0.401 e. The van der Waals surface area contributed by atoms with Gasteiger partial charge in [0.05, 0.1) is 16.4 Å². The lowest BCUT2D eigenvalue weighted by molar-refractivity contribution is -0.385. The van der Waals surface area contributed by atoms with Crippen molar-refractivity contribution in [3.05, 3.63) is 28.3 Å². The van der Waals surface area contributed by atoms with E-state index >= 15 is 0 Å². The van der Waals surface area contributed by atoms with E-state index in [0.29, 0.717) is 32.5 Å². The minimum atomic E-state index is -4.22. The number of primary sulfonamides is 1. The van der Waals surface area contributed by atoms with E-state index in [4.69, 9.17) is 5.14 Å². The minimum Gasteiger partial charge on any atom is -0.385 e. The van der Waals surface area contributed by atoms with Gasteiger partial charge in [-0.15, -0.1) is 0 Å². The number of sulfonamides is 1. The second-order valence-electron chi connectivity index (χ2n) is 6.23. The second kappa shape index (κ2) is 7.76. The average Bonchev–Trinajstić information content (AvgIpc) is 2.51. The van der Waals surface area contributed by atoms with Crippen LogP contribution >= 0.6 is 0 Å². The summed E-state index contributed by atoms with van der Waals surface area (Å²) < 4.78 is 60.0. The van der Waals surface area contributed by atoms with Gasteiger partial charge >= 0.3 is 6.18 Å². The molecule has 0 aliphatic carbocycles. The first-order valence-corrected chi connectivity index (χ1v) is 9.34. The molecule has 0 aromatic heterocycles. The van der Waals surface area contributed by atoms with Crippen LogP contribution in [0.3, 0.4) is 0 Å². The van der Waals surface area contributed by atoms with Crippen LogP contribution in [0, 0.1) is 16.0 Å². The summed E-state index contributed by atoms with van der Waals surface area (Å²) in [5.74, 6) is 0.0803. The highest BCUT2D eigenvalue weighted by atomic mass is 32.2. The Morgan fingerprint density at radius 2 is 1.88 bits per heavy atom. The first kappa shape index (κ1) is 20.4. The lowest BCUT2D eigenvalue weighted by Crippen LogP contribution is -2.41. The molecule has 26 heavy (non-hydrogen) atoms. The molecule has 1 aromatic rings. The van der Waals surface area contributed by atoms with Crippen molar-refractivity contribution in [2.24, 2.45) is 11.1 Å². The monoisotopic (exact) mass is 396 g/mol. The number of nitrogens with two attached hydrogens (primary N) is 1. The molecule has 12 heteroatoms. The molecule has 0 bridgehead atoms. The number of hydrogen-bond donors (Lipinski definition) is 2. The summed E-state index contributed by atoms with van der Waals surface area (Å²) in [6.07, 6.45) is -3.14. The first-order valence-electron chi connectivity index (χ1n) is 7.79. The van der Waals surface area contributed by atoms with Crippen molar-refractivity contribution in [2.45, 2.75) is 23.9 Å². The van der Waals surface area contributed by atoms with Gasteiger partial charge in [-0.3, -0.25) is 15.0 Å². The molecule has 1 fully saturated rings. The highest BCUT2D eigenvalue weighted by molar-refractivity contribution is 7.89. The number of piperidine rings is 1. The van der Waals surface area contributed by atoms with Gasteiger partial charge in [0.25, 0.3) is 5.69 Å². The van der Waals surface area contributed by atoms with Gasteiger partial charge in [-0.1, -0.05) is 0 Å². The third-order valence-corrected chi connectivity index (χ3v) is 5.03.